The summed E-state index contributed by atoms with van der Waals surface area (Å²) >= 11 is 0. The molecule has 6 nitrogen and oxygen atoms in total. The van der Waals surface area contributed by atoms with Gasteiger partial charge in [0.05, 0.1) is 0 Å². The molecular formula is C14H19F3N4O2. The lowest BCUT2D eigenvalue weighted by Gasteiger charge is -2.33. The van der Waals surface area contributed by atoms with E-state index < -0.39 is 24.8 Å². The van der Waals surface area contributed by atoms with Crippen LogP contribution in [0.15, 0.2) is 18.5 Å². The standard InChI is InChI=1S/C14H19F3N4O2/c1-10(23-9-14(15,16)17)12(22)20-11-4-2-7-21(8-11)13-18-5-3-6-19-13/h3,5-6,10-11H,2,4,7-9H2,1H3,(H,20,22)/t10-,11+/m1/s1. The van der Waals surface area contributed by atoms with Crippen LogP contribution in [0.2, 0.25) is 0 Å². The number of aromatic nitrogens is 2. The van der Waals surface area contributed by atoms with Gasteiger partial charge in [-0.05, 0) is 25.8 Å². The van der Waals surface area contributed by atoms with Crippen molar-refractivity contribution < 1.29 is 22.7 Å². The molecule has 1 saturated heterocycles. The van der Waals surface area contributed by atoms with Gasteiger partial charge in [0, 0.05) is 31.5 Å². The van der Waals surface area contributed by atoms with Crippen molar-refractivity contribution in [3.63, 3.8) is 0 Å². The van der Waals surface area contributed by atoms with Crippen LogP contribution in [0.1, 0.15) is 19.8 Å². The lowest BCUT2D eigenvalue weighted by atomic mass is 10.1. The topological polar surface area (TPSA) is 67.3 Å². The van der Waals surface area contributed by atoms with Gasteiger partial charge in [0.1, 0.15) is 12.7 Å². The number of rotatable bonds is 5. The number of carbonyl (C=O) groups excluding carboxylic acids is 1. The highest BCUT2D eigenvalue weighted by molar-refractivity contribution is 5.80. The van der Waals surface area contributed by atoms with Crippen LogP contribution in [-0.2, 0) is 9.53 Å². The van der Waals surface area contributed by atoms with Crippen molar-refractivity contribution in [2.24, 2.45) is 0 Å². The minimum Gasteiger partial charge on any atom is -0.359 e. The smallest absolute Gasteiger partial charge is 0.359 e. The van der Waals surface area contributed by atoms with E-state index in [1.807, 2.05) is 4.90 Å². The molecule has 0 aliphatic carbocycles. The number of hydrogen-bond donors (Lipinski definition) is 1. The molecule has 1 aromatic rings. The summed E-state index contributed by atoms with van der Waals surface area (Å²) in [6.07, 6.45) is -0.738. The lowest BCUT2D eigenvalue weighted by molar-refractivity contribution is -0.185. The second-order valence-electron chi connectivity index (χ2n) is 5.41. The Labute approximate surface area is 132 Å². The summed E-state index contributed by atoms with van der Waals surface area (Å²) in [4.78, 5) is 22.2. The number of alkyl halides is 3. The van der Waals surface area contributed by atoms with Gasteiger partial charge in [0.25, 0.3) is 0 Å². The first-order valence-corrected chi connectivity index (χ1v) is 7.36. The minimum atomic E-state index is -4.44. The molecule has 2 rings (SSSR count). The maximum absolute atomic E-state index is 12.1. The summed E-state index contributed by atoms with van der Waals surface area (Å²) in [5.74, 6) is 0.0305. The molecule has 1 aromatic heterocycles. The first-order valence-electron chi connectivity index (χ1n) is 7.36. The van der Waals surface area contributed by atoms with Gasteiger partial charge in [0.2, 0.25) is 11.9 Å². The Bertz CT molecular complexity index is 512. The van der Waals surface area contributed by atoms with Crippen molar-refractivity contribution in [2.75, 3.05) is 24.6 Å². The first-order chi connectivity index (χ1) is 10.8. The average Bonchev–Trinajstić information content (AvgIpc) is 2.53. The van der Waals surface area contributed by atoms with Gasteiger partial charge in [-0.1, -0.05) is 0 Å². The number of anilines is 1. The van der Waals surface area contributed by atoms with E-state index in [0.717, 1.165) is 19.4 Å². The Hall–Kier alpha value is -1.90. The van der Waals surface area contributed by atoms with Crippen LogP contribution in [0.5, 0.6) is 0 Å². The predicted molar refractivity (Wildman–Crippen MR) is 76.9 cm³/mol. The zero-order valence-corrected chi connectivity index (χ0v) is 12.7. The fraction of sp³-hybridized carbons (Fsp3) is 0.643. The van der Waals surface area contributed by atoms with Crippen molar-refractivity contribution >= 4 is 11.9 Å². The molecule has 1 aliphatic rings. The Morgan fingerprint density at radius 2 is 2.17 bits per heavy atom. The van der Waals surface area contributed by atoms with Crippen molar-refractivity contribution in [1.29, 1.82) is 0 Å². The fourth-order valence-electron chi connectivity index (χ4n) is 2.34. The van der Waals surface area contributed by atoms with Crippen LogP contribution in [0.4, 0.5) is 19.1 Å². The Kier molecular flexibility index (Phi) is 5.75. The third-order valence-electron chi connectivity index (χ3n) is 3.47. The maximum Gasteiger partial charge on any atom is 0.411 e. The minimum absolute atomic E-state index is 0.169. The molecule has 1 aliphatic heterocycles. The Morgan fingerprint density at radius 3 is 2.83 bits per heavy atom. The van der Waals surface area contributed by atoms with Crippen molar-refractivity contribution in [1.82, 2.24) is 15.3 Å². The summed E-state index contributed by atoms with van der Waals surface area (Å²) in [7, 11) is 0. The summed E-state index contributed by atoms with van der Waals surface area (Å²) in [6.45, 7) is 1.16. The van der Waals surface area contributed by atoms with E-state index in [1.165, 1.54) is 6.92 Å². The number of ether oxygens (including phenoxy) is 1. The highest BCUT2D eigenvalue weighted by Gasteiger charge is 2.31. The molecule has 9 heteroatoms. The van der Waals surface area contributed by atoms with E-state index in [4.69, 9.17) is 0 Å². The van der Waals surface area contributed by atoms with Crippen LogP contribution >= 0.6 is 0 Å². The average molecular weight is 332 g/mol. The molecular weight excluding hydrogens is 313 g/mol. The van der Waals surface area contributed by atoms with Gasteiger partial charge >= 0.3 is 6.18 Å². The van der Waals surface area contributed by atoms with Gasteiger partial charge < -0.3 is 15.0 Å². The molecule has 2 heterocycles. The van der Waals surface area contributed by atoms with E-state index in [0.29, 0.717) is 12.5 Å². The molecule has 2 atom stereocenters. The number of halogens is 3. The van der Waals surface area contributed by atoms with Crippen LogP contribution in [0, 0.1) is 0 Å². The summed E-state index contributed by atoms with van der Waals surface area (Å²) in [5, 5.41) is 2.73. The number of nitrogens with zero attached hydrogens (tertiary/aromatic N) is 3. The lowest BCUT2D eigenvalue weighted by Crippen LogP contribution is -2.50. The molecule has 0 saturated carbocycles. The van der Waals surface area contributed by atoms with E-state index in [1.54, 1.807) is 18.5 Å². The monoisotopic (exact) mass is 332 g/mol. The van der Waals surface area contributed by atoms with Crippen molar-refractivity contribution in [3.8, 4) is 0 Å². The summed E-state index contributed by atoms with van der Waals surface area (Å²) in [5.41, 5.74) is 0. The Morgan fingerprint density at radius 1 is 1.48 bits per heavy atom. The zero-order valence-electron chi connectivity index (χ0n) is 12.7. The van der Waals surface area contributed by atoms with Crippen LogP contribution in [0.3, 0.4) is 0 Å². The molecule has 0 bridgehead atoms. The summed E-state index contributed by atoms with van der Waals surface area (Å²) < 4.78 is 40.8. The zero-order chi connectivity index (χ0) is 16.9. The fourth-order valence-corrected chi connectivity index (χ4v) is 2.34. The number of hydrogen-bond acceptors (Lipinski definition) is 5. The van der Waals surface area contributed by atoms with Gasteiger partial charge in [-0.25, -0.2) is 9.97 Å². The number of nitrogens with one attached hydrogen (secondary N) is 1. The molecule has 1 fully saturated rings. The van der Waals surface area contributed by atoms with E-state index in [9.17, 15) is 18.0 Å². The van der Waals surface area contributed by atoms with E-state index >= 15 is 0 Å². The molecule has 23 heavy (non-hydrogen) atoms. The largest absolute Gasteiger partial charge is 0.411 e. The quantitative estimate of drug-likeness (QED) is 0.886. The van der Waals surface area contributed by atoms with Crippen LogP contribution in [0.25, 0.3) is 0 Å². The second kappa shape index (κ2) is 7.58. The normalized spacial score (nSPS) is 20.2. The SMILES string of the molecule is C[C@@H](OCC(F)(F)F)C(=O)N[C@H]1CCCN(c2ncccn2)C1. The molecule has 0 aromatic carbocycles. The molecule has 0 radical (unpaired) electrons. The van der Waals surface area contributed by atoms with Crippen molar-refractivity contribution in [2.45, 2.75) is 38.1 Å². The summed E-state index contributed by atoms with van der Waals surface area (Å²) in [6, 6.07) is 1.55. The van der Waals surface area contributed by atoms with Gasteiger partial charge in [-0.3, -0.25) is 4.79 Å². The first kappa shape index (κ1) is 17.5. The molecule has 0 unspecified atom stereocenters. The molecule has 1 N–H and O–H groups in total. The van der Waals surface area contributed by atoms with Gasteiger partial charge in [-0.2, -0.15) is 13.2 Å². The number of piperidine rings is 1. The molecule has 128 valence electrons. The Balaban J connectivity index is 1.83. The second-order valence-corrected chi connectivity index (χ2v) is 5.41. The van der Waals surface area contributed by atoms with Crippen LogP contribution < -0.4 is 10.2 Å². The third kappa shape index (κ3) is 5.66. The molecule has 0 spiro atoms. The number of carbonyl (C=O) groups is 1. The van der Waals surface area contributed by atoms with Gasteiger partial charge in [0.15, 0.2) is 0 Å². The van der Waals surface area contributed by atoms with Crippen molar-refractivity contribution in [3.05, 3.63) is 18.5 Å². The van der Waals surface area contributed by atoms with Gasteiger partial charge in [-0.15, -0.1) is 0 Å². The van der Waals surface area contributed by atoms with E-state index in [2.05, 4.69) is 20.0 Å². The molecule has 1 amide bonds. The van der Waals surface area contributed by atoms with Crippen LogP contribution in [-0.4, -0.2) is 53.9 Å². The number of amides is 1. The van der Waals surface area contributed by atoms with E-state index in [-0.39, 0.29) is 6.04 Å². The maximum atomic E-state index is 12.1. The third-order valence-corrected chi connectivity index (χ3v) is 3.47. The highest BCUT2D eigenvalue weighted by Crippen LogP contribution is 2.17. The predicted octanol–water partition coefficient (Wildman–Crippen LogP) is 1.53. The highest BCUT2D eigenvalue weighted by atomic mass is 19.4.